The maximum absolute atomic E-state index is 11.8. The molecule has 0 aliphatic heterocycles. The van der Waals surface area contributed by atoms with E-state index >= 15 is 0 Å². The number of para-hydroxylation sites is 1. The number of aromatic amines is 1. The number of nitriles is 1. The van der Waals surface area contributed by atoms with Gasteiger partial charge in [-0.25, -0.2) is 0 Å². The molecule has 1 aromatic heterocycles. The minimum Gasteiger partial charge on any atom is -0.426 e. The molecule has 0 saturated carbocycles. The first kappa shape index (κ1) is 13.6. The molecular weight excluding hydrogens is 256 g/mol. The van der Waals surface area contributed by atoms with Crippen molar-refractivity contribution in [1.82, 2.24) is 4.98 Å². The number of carbonyl (C=O) groups excluding carboxylic acids is 1. The highest BCUT2D eigenvalue weighted by Crippen LogP contribution is 2.31. The number of hydrogen-bond acceptors (Lipinski definition) is 4. The van der Waals surface area contributed by atoms with Gasteiger partial charge in [-0.3, -0.25) is 9.59 Å². The van der Waals surface area contributed by atoms with Crippen LogP contribution in [0, 0.1) is 18.3 Å². The second-order valence-corrected chi connectivity index (χ2v) is 4.27. The van der Waals surface area contributed by atoms with Crippen molar-refractivity contribution in [1.29, 1.82) is 5.26 Å². The number of ether oxygens (including phenoxy) is 1. The molecule has 0 amide bonds. The van der Waals surface area contributed by atoms with Crippen LogP contribution in [0.1, 0.15) is 18.2 Å². The van der Waals surface area contributed by atoms with E-state index in [0.29, 0.717) is 22.6 Å². The van der Waals surface area contributed by atoms with Crippen molar-refractivity contribution in [3.8, 4) is 22.9 Å². The molecule has 20 heavy (non-hydrogen) atoms. The Balaban J connectivity index is 2.72. The molecule has 0 unspecified atom stereocenters. The monoisotopic (exact) mass is 268 g/mol. The van der Waals surface area contributed by atoms with E-state index in [-0.39, 0.29) is 5.56 Å². The molecule has 100 valence electrons. The van der Waals surface area contributed by atoms with Gasteiger partial charge in [-0.1, -0.05) is 18.2 Å². The van der Waals surface area contributed by atoms with Gasteiger partial charge in [0.15, 0.2) is 0 Å². The third-order valence-electron chi connectivity index (χ3n) is 2.71. The molecule has 5 nitrogen and oxygen atoms in total. The SMILES string of the molecule is CC(=O)Oc1ccccc1-c1cc(C)[nH]c(=O)c1C#N. The van der Waals surface area contributed by atoms with E-state index in [1.165, 1.54) is 6.92 Å². The fourth-order valence-electron chi connectivity index (χ4n) is 1.95. The molecule has 5 heteroatoms. The van der Waals surface area contributed by atoms with Gasteiger partial charge in [-0.2, -0.15) is 5.26 Å². The Morgan fingerprint density at radius 3 is 2.65 bits per heavy atom. The summed E-state index contributed by atoms with van der Waals surface area (Å²) in [7, 11) is 0. The first-order chi connectivity index (χ1) is 9.52. The molecule has 0 spiro atoms. The highest BCUT2D eigenvalue weighted by Gasteiger charge is 2.14. The van der Waals surface area contributed by atoms with E-state index in [2.05, 4.69) is 4.98 Å². The van der Waals surface area contributed by atoms with Crippen LogP contribution in [-0.2, 0) is 4.79 Å². The van der Waals surface area contributed by atoms with Gasteiger partial charge in [0.1, 0.15) is 17.4 Å². The maximum Gasteiger partial charge on any atom is 0.308 e. The topological polar surface area (TPSA) is 83.0 Å². The summed E-state index contributed by atoms with van der Waals surface area (Å²) < 4.78 is 5.12. The molecule has 0 radical (unpaired) electrons. The smallest absolute Gasteiger partial charge is 0.308 e. The Kier molecular flexibility index (Phi) is 3.67. The van der Waals surface area contributed by atoms with Gasteiger partial charge >= 0.3 is 5.97 Å². The van der Waals surface area contributed by atoms with Crippen LogP contribution in [0.4, 0.5) is 0 Å². The van der Waals surface area contributed by atoms with E-state index in [9.17, 15) is 9.59 Å². The van der Waals surface area contributed by atoms with Gasteiger partial charge < -0.3 is 9.72 Å². The maximum atomic E-state index is 11.8. The summed E-state index contributed by atoms with van der Waals surface area (Å²) >= 11 is 0. The lowest BCUT2D eigenvalue weighted by Gasteiger charge is -2.10. The highest BCUT2D eigenvalue weighted by atomic mass is 16.5. The van der Waals surface area contributed by atoms with E-state index < -0.39 is 11.5 Å². The molecular formula is C15H12N2O3. The van der Waals surface area contributed by atoms with Gasteiger partial charge in [0.25, 0.3) is 5.56 Å². The molecule has 1 heterocycles. The highest BCUT2D eigenvalue weighted by molar-refractivity contribution is 5.79. The Bertz CT molecular complexity index is 769. The fourth-order valence-corrected chi connectivity index (χ4v) is 1.95. The Morgan fingerprint density at radius 1 is 1.30 bits per heavy atom. The zero-order chi connectivity index (χ0) is 14.7. The molecule has 2 rings (SSSR count). The van der Waals surface area contributed by atoms with E-state index in [4.69, 9.17) is 10.00 Å². The minimum absolute atomic E-state index is 0.00444. The first-order valence-corrected chi connectivity index (χ1v) is 5.94. The van der Waals surface area contributed by atoms with Crippen LogP contribution in [0.3, 0.4) is 0 Å². The van der Waals surface area contributed by atoms with Crippen LogP contribution in [0.5, 0.6) is 5.75 Å². The quantitative estimate of drug-likeness (QED) is 0.668. The number of carbonyl (C=O) groups is 1. The average molecular weight is 268 g/mol. The summed E-state index contributed by atoms with van der Waals surface area (Å²) in [4.78, 5) is 25.5. The lowest BCUT2D eigenvalue weighted by molar-refractivity contribution is -0.131. The van der Waals surface area contributed by atoms with Crippen LogP contribution in [-0.4, -0.2) is 11.0 Å². The second-order valence-electron chi connectivity index (χ2n) is 4.27. The summed E-state index contributed by atoms with van der Waals surface area (Å²) in [6.45, 7) is 3.02. The van der Waals surface area contributed by atoms with Crippen molar-refractivity contribution in [2.45, 2.75) is 13.8 Å². The van der Waals surface area contributed by atoms with Crippen molar-refractivity contribution in [2.75, 3.05) is 0 Å². The molecule has 2 aromatic rings. The van der Waals surface area contributed by atoms with Crippen LogP contribution >= 0.6 is 0 Å². The number of nitrogens with zero attached hydrogens (tertiary/aromatic N) is 1. The van der Waals surface area contributed by atoms with Crippen LogP contribution in [0.2, 0.25) is 0 Å². The lowest BCUT2D eigenvalue weighted by atomic mass is 10.0. The standard InChI is InChI=1S/C15H12N2O3/c1-9-7-12(13(8-16)15(19)17-9)11-5-3-4-6-14(11)20-10(2)18/h3-7H,1-2H3,(H,17,19). The normalized spacial score (nSPS) is 9.85. The lowest BCUT2D eigenvalue weighted by Crippen LogP contribution is -2.13. The molecule has 0 aliphatic carbocycles. The second kappa shape index (κ2) is 5.41. The number of H-pyrrole nitrogens is 1. The average Bonchev–Trinajstić information content (AvgIpc) is 2.38. The zero-order valence-corrected chi connectivity index (χ0v) is 11.1. The van der Waals surface area contributed by atoms with Crippen molar-refractivity contribution in [2.24, 2.45) is 0 Å². The molecule has 0 bridgehead atoms. The third kappa shape index (κ3) is 2.59. The van der Waals surface area contributed by atoms with Crippen molar-refractivity contribution < 1.29 is 9.53 Å². The number of benzene rings is 1. The predicted molar refractivity (Wildman–Crippen MR) is 73.3 cm³/mol. The van der Waals surface area contributed by atoms with Crippen LogP contribution in [0.15, 0.2) is 35.1 Å². The van der Waals surface area contributed by atoms with E-state index in [1.54, 1.807) is 37.3 Å². The number of esters is 1. The van der Waals surface area contributed by atoms with Crippen molar-refractivity contribution in [3.05, 3.63) is 51.9 Å². The molecule has 0 atom stereocenters. The Morgan fingerprint density at radius 2 is 2.00 bits per heavy atom. The molecule has 0 aliphatic rings. The largest absolute Gasteiger partial charge is 0.426 e. The summed E-state index contributed by atoms with van der Waals surface area (Å²) in [5, 5.41) is 9.15. The van der Waals surface area contributed by atoms with E-state index in [1.807, 2.05) is 6.07 Å². The summed E-state index contributed by atoms with van der Waals surface area (Å²) in [6.07, 6.45) is 0. The number of aryl methyl sites for hydroxylation is 1. The number of aromatic nitrogens is 1. The Hall–Kier alpha value is -2.87. The number of pyridine rings is 1. The predicted octanol–water partition coefficient (Wildman–Crippen LogP) is 2.15. The van der Waals surface area contributed by atoms with Gasteiger partial charge in [-0.05, 0) is 19.1 Å². The van der Waals surface area contributed by atoms with E-state index in [0.717, 1.165) is 0 Å². The minimum atomic E-state index is -0.461. The summed E-state index contributed by atoms with van der Waals surface area (Å²) in [5.74, 6) is -0.140. The Labute approximate surface area is 115 Å². The summed E-state index contributed by atoms with van der Waals surface area (Å²) in [5.41, 5.74) is 1.15. The molecule has 0 fully saturated rings. The number of hydrogen-bond donors (Lipinski definition) is 1. The van der Waals surface area contributed by atoms with Gasteiger partial charge in [-0.15, -0.1) is 0 Å². The van der Waals surface area contributed by atoms with Gasteiger partial charge in [0, 0.05) is 23.7 Å². The molecule has 1 N–H and O–H groups in total. The van der Waals surface area contributed by atoms with Crippen LogP contribution in [0.25, 0.3) is 11.1 Å². The zero-order valence-electron chi connectivity index (χ0n) is 11.1. The molecule has 1 aromatic carbocycles. The van der Waals surface area contributed by atoms with Crippen molar-refractivity contribution in [3.63, 3.8) is 0 Å². The van der Waals surface area contributed by atoms with Gasteiger partial charge in [0.2, 0.25) is 0 Å². The van der Waals surface area contributed by atoms with Crippen molar-refractivity contribution >= 4 is 5.97 Å². The summed E-state index contributed by atoms with van der Waals surface area (Å²) in [6, 6.07) is 10.4. The number of rotatable bonds is 2. The fraction of sp³-hybridized carbons (Fsp3) is 0.133. The number of nitrogens with one attached hydrogen (secondary N) is 1. The first-order valence-electron chi connectivity index (χ1n) is 5.94. The van der Waals surface area contributed by atoms with Crippen LogP contribution < -0.4 is 10.3 Å². The van der Waals surface area contributed by atoms with Gasteiger partial charge in [0.05, 0.1) is 0 Å². The third-order valence-corrected chi connectivity index (χ3v) is 2.71. The molecule has 0 saturated heterocycles.